The largest absolute Gasteiger partial charge is 0.335 e. The standard InChI is InChI=1S/C22H27FN2O3S/c1-3-24(16-18-8-7-9-19(23)14-18)22(26)21-15-20(11-10-17(21)2)29(27,28)25-12-5-4-6-13-25/h7-11,14-15H,3-6,12-13,16H2,1-2H3. The van der Waals surface area contributed by atoms with Crippen LogP contribution in [0.5, 0.6) is 0 Å². The summed E-state index contributed by atoms with van der Waals surface area (Å²) in [5.41, 5.74) is 1.77. The van der Waals surface area contributed by atoms with Crippen LogP contribution in [0.2, 0.25) is 0 Å². The Hall–Kier alpha value is -2.25. The Labute approximate surface area is 172 Å². The van der Waals surface area contributed by atoms with E-state index in [-0.39, 0.29) is 23.2 Å². The van der Waals surface area contributed by atoms with Gasteiger partial charge in [-0.05, 0) is 62.1 Å². The van der Waals surface area contributed by atoms with Crippen molar-refractivity contribution in [1.29, 1.82) is 0 Å². The molecule has 1 aliphatic rings. The van der Waals surface area contributed by atoms with Crippen LogP contribution in [0.15, 0.2) is 47.4 Å². The number of hydrogen-bond acceptors (Lipinski definition) is 3. The molecule has 7 heteroatoms. The molecule has 0 unspecified atom stereocenters. The molecule has 2 aromatic rings. The predicted octanol–water partition coefficient (Wildman–Crippen LogP) is 3.97. The molecule has 1 fully saturated rings. The van der Waals surface area contributed by atoms with Crippen LogP contribution in [0.3, 0.4) is 0 Å². The van der Waals surface area contributed by atoms with Crippen molar-refractivity contribution in [3.63, 3.8) is 0 Å². The minimum atomic E-state index is -3.62. The average Bonchev–Trinajstić information content (AvgIpc) is 2.72. The lowest BCUT2D eigenvalue weighted by Crippen LogP contribution is -2.36. The predicted molar refractivity (Wildman–Crippen MR) is 111 cm³/mol. The van der Waals surface area contributed by atoms with Crippen LogP contribution in [0.1, 0.15) is 47.7 Å². The van der Waals surface area contributed by atoms with Crippen LogP contribution < -0.4 is 0 Å². The summed E-state index contributed by atoms with van der Waals surface area (Å²) in [6, 6.07) is 10.9. The fraction of sp³-hybridized carbons (Fsp3) is 0.409. The molecule has 29 heavy (non-hydrogen) atoms. The van der Waals surface area contributed by atoms with Crippen molar-refractivity contribution >= 4 is 15.9 Å². The first-order valence-corrected chi connectivity index (χ1v) is 11.4. The van der Waals surface area contributed by atoms with E-state index < -0.39 is 10.0 Å². The van der Waals surface area contributed by atoms with E-state index in [1.807, 2.05) is 6.92 Å². The molecule has 1 aliphatic heterocycles. The SMILES string of the molecule is CCN(Cc1cccc(F)c1)C(=O)c1cc(S(=O)(=O)N2CCCCC2)ccc1C. The lowest BCUT2D eigenvalue weighted by molar-refractivity contribution is 0.0751. The second kappa shape index (κ2) is 9.05. The topological polar surface area (TPSA) is 57.7 Å². The van der Waals surface area contributed by atoms with Crippen LogP contribution in [-0.2, 0) is 16.6 Å². The maximum atomic E-state index is 13.5. The fourth-order valence-corrected chi connectivity index (χ4v) is 5.14. The normalized spacial score (nSPS) is 15.3. The average molecular weight is 419 g/mol. The summed E-state index contributed by atoms with van der Waals surface area (Å²) in [6.45, 7) is 5.36. The van der Waals surface area contributed by atoms with Crippen molar-refractivity contribution in [1.82, 2.24) is 9.21 Å². The third kappa shape index (κ3) is 4.85. The Morgan fingerprint density at radius 1 is 1.10 bits per heavy atom. The van der Waals surface area contributed by atoms with Gasteiger partial charge in [0, 0.05) is 31.7 Å². The van der Waals surface area contributed by atoms with Crippen molar-refractivity contribution in [2.45, 2.75) is 44.6 Å². The van der Waals surface area contributed by atoms with E-state index in [1.54, 1.807) is 36.1 Å². The second-order valence-electron chi connectivity index (χ2n) is 7.39. The van der Waals surface area contributed by atoms with Gasteiger partial charge in [0.05, 0.1) is 4.90 Å². The highest BCUT2D eigenvalue weighted by Gasteiger charge is 2.27. The van der Waals surface area contributed by atoms with Gasteiger partial charge < -0.3 is 4.90 Å². The van der Waals surface area contributed by atoms with Gasteiger partial charge in [0.1, 0.15) is 5.82 Å². The van der Waals surface area contributed by atoms with Crippen LogP contribution in [0.4, 0.5) is 4.39 Å². The molecule has 3 rings (SSSR count). The molecule has 0 N–H and O–H groups in total. The molecule has 0 atom stereocenters. The van der Waals surface area contributed by atoms with Crippen molar-refractivity contribution in [3.8, 4) is 0 Å². The number of halogens is 1. The quantitative estimate of drug-likeness (QED) is 0.713. The second-order valence-corrected chi connectivity index (χ2v) is 9.33. The van der Waals surface area contributed by atoms with Crippen LogP contribution >= 0.6 is 0 Å². The van der Waals surface area contributed by atoms with Gasteiger partial charge in [0.2, 0.25) is 10.0 Å². The first-order chi connectivity index (χ1) is 13.8. The van der Waals surface area contributed by atoms with Crippen LogP contribution in [0.25, 0.3) is 0 Å². The minimum absolute atomic E-state index is 0.148. The minimum Gasteiger partial charge on any atom is -0.335 e. The highest BCUT2D eigenvalue weighted by Crippen LogP contribution is 2.24. The summed E-state index contributed by atoms with van der Waals surface area (Å²) in [5.74, 6) is -0.609. The van der Waals surface area contributed by atoms with Crippen molar-refractivity contribution in [3.05, 3.63) is 65.0 Å². The summed E-state index contributed by atoms with van der Waals surface area (Å²) in [7, 11) is -3.62. The Morgan fingerprint density at radius 2 is 1.83 bits per heavy atom. The molecular weight excluding hydrogens is 391 g/mol. The van der Waals surface area contributed by atoms with Gasteiger partial charge in [-0.2, -0.15) is 4.31 Å². The smallest absolute Gasteiger partial charge is 0.254 e. The molecule has 0 saturated carbocycles. The molecule has 156 valence electrons. The van der Waals surface area contributed by atoms with Crippen LogP contribution in [0, 0.1) is 12.7 Å². The number of amides is 1. The summed E-state index contributed by atoms with van der Waals surface area (Å²) >= 11 is 0. The fourth-order valence-electron chi connectivity index (χ4n) is 3.60. The van der Waals surface area contributed by atoms with Gasteiger partial charge in [0.15, 0.2) is 0 Å². The number of rotatable bonds is 6. The first kappa shape index (κ1) is 21.5. The number of hydrogen-bond donors (Lipinski definition) is 0. The third-order valence-corrected chi connectivity index (χ3v) is 7.22. The van der Waals surface area contributed by atoms with Crippen LogP contribution in [-0.4, -0.2) is 43.2 Å². The third-order valence-electron chi connectivity index (χ3n) is 5.32. The van der Waals surface area contributed by atoms with Gasteiger partial charge in [-0.3, -0.25) is 4.79 Å². The number of carbonyl (C=O) groups excluding carboxylic acids is 1. The van der Waals surface area contributed by atoms with Crippen molar-refractivity contribution in [2.24, 2.45) is 0 Å². The van der Waals surface area contributed by atoms with E-state index in [9.17, 15) is 17.6 Å². The molecule has 1 amide bonds. The van der Waals surface area contributed by atoms with Crippen molar-refractivity contribution < 1.29 is 17.6 Å². The zero-order chi connectivity index (χ0) is 21.0. The maximum absolute atomic E-state index is 13.5. The Kier molecular flexibility index (Phi) is 6.70. The number of piperidine rings is 1. The molecule has 0 spiro atoms. The highest BCUT2D eigenvalue weighted by atomic mass is 32.2. The number of aryl methyl sites for hydroxylation is 1. The van der Waals surface area contributed by atoms with Gasteiger partial charge in [-0.25, -0.2) is 12.8 Å². The molecule has 5 nitrogen and oxygen atoms in total. The summed E-state index contributed by atoms with van der Waals surface area (Å²) in [4.78, 5) is 14.9. The van der Waals surface area contributed by atoms with E-state index in [1.165, 1.54) is 22.5 Å². The molecule has 1 heterocycles. The first-order valence-electron chi connectivity index (χ1n) is 9.97. The molecule has 0 radical (unpaired) electrons. The molecular formula is C22H27FN2O3S. The maximum Gasteiger partial charge on any atom is 0.254 e. The molecule has 1 saturated heterocycles. The molecule has 2 aromatic carbocycles. The lowest BCUT2D eigenvalue weighted by Gasteiger charge is -2.26. The number of carbonyl (C=O) groups is 1. The van der Waals surface area contributed by atoms with Gasteiger partial charge >= 0.3 is 0 Å². The number of sulfonamides is 1. The Balaban J connectivity index is 1.88. The lowest BCUT2D eigenvalue weighted by atomic mass is 10.1. The Morgan fingerprint density at radius 3 is 2.48 bits per heavy atom. The van der Waals surface area contributed by atoms with E-state index >= 15 is 0 Å². The van der Waals surface area contributed by atoms with Gasteiger partial charge in [0.25, 0.3) is 5.91 Å². The summed E-state index contributed by atoms with van der Waals surface area (Å²) in [5, 5.41) is 0. The number of benzene rings is 2. The van der Waals surface area contributed by atoms with Gasteiger partial charge in [-0.1, -0.05) is 24.6 Å². The van der Waals surface area contributed by atoms with E-state index in [0.717, 1.165) is 19.3 Å². The van der Waals surface area contributed by atoms with E-state index in [4.69, 9.17) is 0 Å². The van der Waals surface area contributed by atoms with Crippen molar-refractivity contribution in [2.75, 3.05) is 19.6 Å². The highest BCUT2D eigenvalue weighted by molar-refractivity contribution is 7.89. The zero-order valence-electron chi connectivity index (χ0n) is 16.9. The summed E-state index contributed by atoms with van der Waals surface area (Å²) < 4.78 is 41.0. The van der Waals surface area contributed by atoms with E-state index in [2.05, 4.69) is 0 Å². The van der Waals surface area contributed by atoms with Gasteiger partial charge in [-0.15, -0.1) is 0 Å². The molecule has 0 bridgehead atoms. The monoisotopic (exact) mass is 418 g/mol. The van der Waals surface area contributed by atoms with E-state index in [0.29, 0.717) is 36.3 Å². The molecule has 0 aliphatic carbocycles. The molecule has 0 aromatic heterocycles. The Bertz CT molecular complexity index is 985. The zero-order valence-corrected chi connectivity index (χ0v) is 17.7. The summed E-state index contributed by atoms with van der Waals surface area (Å²) in [6.07, 6.45) is 2.75. The number of nitrogens with zero attached hydrogens (tertiary/aromatic N) is 2.